The first-order chi connectivity index (χ1) is 16.5. The maximum absolute atomic E-state index is 14.2. The fourth-order valence-electron chi connectivity index (χ4n) is 4.17. The standard InChI is InChI=1S/C27H19F4OS2/c28-20-12-24-26(14-22(20)30)34(27-15-23(31)21(29)13-25(27)33-24)18-8-6-17(7-9-18)19(10-11-32)16-4-2-1-3-5-16/h1-9,12-15,19,32H,10-11H2/q+1. The minimum Gasteiger partial charge on any atom is -0.396 e. The van der Waals surface area contributed by atoms with Crippen molar-refractivity contribution in [2.24, 2.45) is 0 Å². The Morgan fingerprint density at radius 1 is 0.676 bits per heavy atom. The number of hydrogen-bond donors (Lipinski definition) is 1. The molecule has 0 fully saturated rings. The average Bonchev–Trinajstić information content (AvgIpc) is 2.84. The van der Waals surface area contributed by atoms with Crippen LogP contribution in [0.25, 0.3) is 0 Å². The highest BCUT2D eigenvalue weighted by Gasteiger charge is 2.40. The molecule has 1 nitrogen and oxygen atoms in total. The van der Waals surface area contributed by atoms with Gasteiger partial charge in [0.2, 0.25) is 0 Å². The zero-order valence-corrected chi connectivity index (χ0v) is 19.4. The minimum absolute atomic E-state index is 0.0110. The molecular formula is C27H19F4OS2+. The van der Waals surface area contributed by atoms with Crippen molar-refractivity contribution in [2.45, 2.75) is 36.8 Å². The van der Waals surface area contributed by atoms with Gasteiger partial charge in [-0.1, -0.05) is 54.2 Å². The molecule has 5 rings (SSSR count). The molecule has 1 aliphatic heterocycles. The van der Waals surface area contributed by atoms with E-state index >= 15 is 0 Å². The number of benzene rings is 4. The van der Waals surface area contributed by atoms with Crippen molar-refractivity contribution >= 4 is 22.7 Å². The highest BCUT2D eigenvalue weighted by molar-refractivity contribution is 8.04. The normalized spacial score (nSPS) is 13.9. The number of halogens is 4. The smallest absolute Gasteiger partial charge is 0.183 e. The van der Waals surface area contributed by atoms with Gasteiger partial charge in [0.05, 0.1) is 9.79 Å². The van der Waals surface area contributed by atoms with Gasteiger partial charge in [0.1, 0.15) is 10.9 Å². The molecule has 0 amide bonds. The maximum Gasteiger partial charge on any atom is 0.183 e. The molecule has 1 N–H and O–H groups in total. The highest BCUT2D eigenvalue weighted by Crippen LogP contribution is 2.49. The van der Waals surface area contributed by atoms with Crippen molar-refractivity contribution in [1.29, 1.82) is 0 Å². The van der Waals surface area contributed by atoms with Gasteiger partial charge in [-0.3, -0.25) is 0 Å². The first-order valence-corrected chi connectivity index (χ1v) is 12.7. The fourth-order valence-corrected chi connectivity index (χ4v) is 7.91. The molecule has 34 heavy (non-hydrogen) atoms. The van der Waals surface area contributed by atoms with Gasteiger partial charge in [0.25, 0.3) is 0 Å². The molecule has 0 aliphatic carbocycles. The molecule has 1 aliphatic rings. The van der Waals surface area contributed by atoms with E-state index in [4.69, 9.17) is 0 Å². The lowest BCUT2D eigenvalue weighted by atomic mass is 9.89. The van der Waals surface area contributed by atoms with Crippen LogP contribution in [0.3, 0.4) is 0 Å². The number of aliphatic hydroxyl groups is 1. The van der Waals surface area contributed by atoms with E-state index < -0.39 is 34.2 Å². The van der Waals surface area contributed by atoms with Crippen LogP contribution in [0.1, 0.15) is 23.5 Å². The largest absolute Gasteiger partial charge is 0.396 e. The molecule has 1 atom stereocenters. The lowest BCUT2D eigenvalue weighted by molar-refractivity contribution is 0.281. The lowest BCUT2D eigenvalue weighted by Gasteiger charge is -2.20. The van der Waals surface area contributed by atoms with E-state index in [1.807, 2.05) is 54.6 Å². The zero-order chi connectivity index (χ0) is 23.8. The van der Waals surface area contributed by atoms with E-state index in [9.17, 15) is 22.7 Å². The number of rotatable bonds is 5. The van der Waals surface area contributed by atoms with Crippen LogP contribution in [0.2, 0.25) is 0 Å². The van der Waals surface area contributed by atoms with Gasteiger partial charge in [-0.2, -0.15) is 0 Å². The Balaban J connectivity index is 1.61. The van der Waals surface area contributed by atoms with Crippen LogP contribution in [0.15, 0.2) is 103 Å². The number of hydrogen-bond acceptors (Lipinski definition) is 2. The molecule has 7 heteroatoms. The summed E-state index contributed by atoms with van der Waals surface area (Å²) in [6, 6.07) is 22.0. The molecule has 0 aromatic heterocycles. The van der Waals surface area contributed by atoms with Crippen LogP contribution < -0.4 is 0 Å². The van der Waals surface area contributed by atoms with E-state index in [1.54, 1.807) is 0 Å². The Bertz CT molecular complexity index is 1290. The first-order valence-electron chi connectivity index (χ1n) is 10.6. The monoisotopic (exact) mass is 499 g/mol. The molecule has 0 saturated heterocycles. The Morgan fingerprint density at radius 2 is 1.18 bits per heavy atom. The van der Waals surface area contributed by atoms with Crippen LogP contribution in [0.5, 0.6) is 0 Å². The molecule has 0 radical (unpaired) electrons. The summed E-state index contributed by atoms with van der Waals surface area (Å²) >= 11 is 1.10. The third kappa shape index (κ3) is 4.24. The second-order valence-electron chi connectivity index (χ2n) is 7.88. The van der Waals surface area contributed by atoms with Crippen LogP contribution in [-0.4, -0.2) is 11.7 Å². The summed E-state index contributed by atoms with van der Waals surface area (Å²) in [4.78, 5) is 2.80. The summed E-state index contributed by atoms with van der Waals surface area (Å²) in [5.74, 6) is -3.93. The van der Waals surface area contributed by atoms with Gasteiger partial charge < -0.3 is 5.11 Å². The third-order valence-electron chi connectivity index (χ3n) is 5.77. The Morgan fingerprint density at radius 3 is 1.71 bits per heavy atom. The number of fused-ring (bicyclic) bond motifs is 2. The van der Waals surface area contributed by atoms with Crippen LogP contribution in [-0.2, 0) is 10.9 Å². The van der Waals surface area contributed by atoms with Crippen molar-refractivity contribution in [3.05, 3.63) is 113 Å². The Labute approximate surface area is 201 Å². The van der Waals surface area contributed by atoms with Crippen molar-refractivity contribution in [3.63, 3.8) is 0 Å². The molecule has 4 aromatic rings. The topological polar surface area (TPSA) is 20.2 Å². The van der Waals surface area contributed by atoms with Gasteiger partial charge in [-0.25, -0.2) is 17.6 Å². The Hall–Kier alpha value is -2.74. The van der Waals surface area contributed by atoms with E-state index in [0.717, 1.165) is 52.0 Å². The summed E-state index contributed by atoms with van der Waals surface area (Å²) in [6.07, 6.45) is 0.548. The molecule has 0 saturated carbocycles. The van der Waals surface area contributed by atoms with Crippen molar-refractivity contribution in [3.8, 4) is 0 Å². The van der Waals surface area contributed by atoms with Crippen LogP contribution in [0, 0.1) is 23.3 Å². The van der Waals surface area contributed by atoms with Gasteiger partial charge in [-0.05, 0) is 41.8 Å². The number of aliphatic hydroxyl groups excluding tert-OH is 1. The van der Waals surface area contributed by atoms with Crippen molar-refractivity contribution in [2.75, 3.05) is 6.61 Å². The van der Waals surface area contributed by atoms with E-state index in [1.165, 1.54) is 0 Å². The minimum atomic E-state index is -0.981. The predicted octanol–water partition coefficient (Wildman–Crippen LogP) is 7.32. The third-order valence-corrected chi connectivity index (χ3v) is 9.44. The predicted molar refractivity (Wildman–Crippen MR) is 125 cm³/mol. The summed E-state index contributed by atoms with van der Waals surface area (Å²) in [5, 5.41) is 9.60. The summed E-state index contributed by atoms with van der Waals surface area (Å²) < 4.78 is 56.4. The van der Waals surface area contributed by atoms with Crippen molar-refractivity contribution < 1.29 is 22.7 Å². The first kappa shape index (κ1) is 23.0. The molecule has 0 spiro atoms. The SMILES string of the molecule is OCCC(c1ccccc1)c1ccc([S+]2c3cc(F)c(F)cc3Sc3cc(F)c(F)cc32)cc1. The van der Waals surface area contributed by atoms with Gasteiger partial charge in [-0.15, -0.1) is 0 Å². The zero-order valence-electron chi connectivity index (χ0n) is 17.8. The van der Waals surface area contributed by atoms with E-state index in [2.05, 4.69) is 0 Å². The summed E-state index contributed by atoms with van der Waals surface area (Å²) in [7, 11) is -0.948. The average molecular weight is 500 g/mol. The molecule has 1 unspecified atom stereocenters. The second-order valence-corrected chi connectivity index (χ2v) is 10.9. The van der Waals surface area contributed by atoms with Gasteiger partial charge in [0, 0.05) is 24.7 Å². The molecule has 1 heterocycles. The quantitative estimate of drug-likeness (QED) is 0.202. The molecule has 0 bridgehead atoms. The van der Waals surface area contributed by atoms with E-state index in [0.29, 0.717) is 26.0 Å². The molecular weight excluding hydrogens is 480 g/mol. The lowest BCUT2D eigenvalue weighted by Crippen LogP contribution is -2.13. The highest BCUT2D eigenvalue weighted by atomic mass is 32.2. The van der Waals surface area contributed by atoms with Gasteiger partial charge in [0.15, 0.2) is 38.0 Å². The van der Waals surface area contributed by atoms with Gasteiger partial charge >= 0.3 is 0 Å². The molecule has 4 aromatic carbocycles. The maximum atomic E-state index is 14.2. The fraction of sp³-hybridized carbons (Fsp3) is 0.111. The second kappa shape index (κ2) is 9.49. The van der Waals surface area contributed by atoms with Crippen LogP contribution in [0.4, 0.5) is 17.6 Å². The summed E-state index contributed by atoms with van der Waals surface area (Å²) in [6.45, 7) is 0.0271. The summed E-state index contributed by atoms with van der Waals surface area (Å²) in [5.41, 5.74) is 2.07. The molecule has 172 valence electrons. The van der Waals surface area contributed by atoms with Crippen LogP contribution >= 0.6 is 11.8 Å². The van der Waals surface area contributed by atoms with Crippen molar-refractivity contribution in [1.82, 2.24) is 0 Å². The van der Waals surface area contributed by atoms with E-state index in [-0.39, 0.29) is 12.5 Å². The Kier molecular flexibility index (Phi) is 6.42.